The highest BCUT2D eigenvalue weighted by atomic mass is 32.2. The highest BCUT2D eigenvalue weighted by Gasteiger charge is 2.28. The minimum Gasteiger partial charge on any atom is -0.284 e. The standard InChI is InChI=1S/C15H20F2N2O3S/c1-10-4-3-5-11(2)19(10)18-14(20)12-6-8-13(9-7-12)23(21,22)15(16)17/h6-11,15H,3-5H2,1-2H3,(H,18,20)/t10-,11-/m1/s1. The molecule has 0 spiro atoms. The van der Waals surface area contributed by atoms with Gasteiger partial charge in [-0.25, -0.2) is 13.4 Å². The fourth-order valence-corrected chi connectivity index (χ4v) is 3.44. The first kappa shape index (κ1) is 17.8. The van der Waals surface area contributed by atoms with E-state index in [1.54, 1.807) is 0 Å². The van der Waals surface area contributed by atoms with Gasteiger partial charge in [0.05, 0.1) is 4.90 Å². The van der Waals surface area contributed by atoms with Crippen LogP contribution in [0.5, 0.6) is 0 Å². The third-order valence-electron chi connectivity index (χ3n) is 4.10. The summed E-state index contributed by atoms with van der Waals surface area (Å²) in [6.07, 6.45) is 3.07. The normalized spacial score (nSPS) is 23.0. The molecule has 1 fully saturated rings. The number of carbonyl (C=O) groups is 1. The molecule has 0 aromatic heterocycles. The largest absolute Gasteiger partial charge is 0.341 e. The van der Waals surface area contributed by atoms with E-state index in [-0.39, 0.29) is 23.6 Å². The average Bonchev–Trinajstić information content (AvgIpc) is 2.51. The lowest BCUT2D eigenvalue weighted by Crippen LogP contribution is -2.54. The van der Waals surface area contributed by atoms with Crippen LogP contribution >= 0.6 is 0 Å². The number of benzene rings is 1. The number of nitrogens with zero attached hydrogens (tertiary/aromatic N) is 1. The van der Waals surface area contributed by atoms with Crippen LogP contribution in [0.3, 0.4) is 0 Å². The molecule has 0 saturated carbocycles. The SMILES string of the molecule is C[C@@H]1CCC[C@@H](C)N1NC(=O)c1ccc(S(=O)(=O)C(F)F)cc1. The Morgan fingerprint density at radius 1 is 1.17 bits per heavy atom. The van der Waals surface area contributed by atoms with Crippen molar-refractivity contribution in [3.8, 4) is 0 Å². The van der Waals surface area contributed by atoms with Gasteiger partial charge in [-0.05, 0) is 51.0 Å². The Kier molecular flexibility index (Phi) is 5.36. The molecule has 0 aliphatic carbocycles. The third-order valence-corrected chi connectivity index (χ3v) is 5.50. The number of halogens is 2. The zero-order valence-electron chi connectivity index (χ0n) is 13.0. The minimum absolute atomic E-state index is 0.209. The number of carbonyl (C=O) groups excluding carboxylic acids is 1. The Morgan fingerprint density at radius 3 is 2.17 bits per heavy atom. The maximum Gasteiger partial charge on any atom is 0.341 e. The molecule has 0 bridgehead atoms. The summed E-state index contributed by atoms with van der Waals surface area (Å²) in [4.78, 5) is 11.8. The molecule has 1 aliphatic heterocycles. The van der Waals surface area contributed by atoms with Crippen LogP contribution in [0.15, 0.2) is 29.2 Å². The van der Waals surface area contributed by atoms with Gasteiger partial charge in [0.1, 0.15) is 0 Å². The van der Waals surface area contributed by atoms with Gasteiger partial charge >= 0.3 is 5.76 Å². The molecule has 8 heteroatoms. The topological polar surface area (TPSA) is 66.5 Å². The summed E-state index contributed by atoms with van der Waals surface area (Å²) in [5.41, 5.74) is 3.04. The molecule has 23 heavy (non-hydrogen) atoms. The van der Waals surface area contributed by atoms with Crippen LogP contribution in [0.4, 0.5) is 8.78 Å². The lowest BCUT2D eigenvalue weighted by molar-refractivity contribution is 0.0369. The van der Waals surface area contributed by atoms with Crippen molar-refractivity contribution in [2.75, 3.05) is 0 Å². The number of nitrogens with one attached hydrogen (secondary N) is 1. The minimum atomic E-state index is -4.64. The van der Waals surface area contributed by atoms with Crippen LogP contribution in [0.2, 0.25) is 0 Å². The summed E-state index contributed by atoms with van der Waals surface area (Å²) < 4.78 is 47.7. The second-order valence-corrected chi connectivity index (χ2v) is 7.72. The van der Waals surface area contributed by atoms with Crippen LogP contribution in [-0.2, 0) is 9.84 Å². The summed E-state index contributed by atoms with van der Waals surface area (Å²) in [6.45, 7) is 4.04. The first-order valence-electron chi connectivity index (χ1n) is 7.45. The summed E-state index contributed by atoms with van der Waals surface area (Å²) in [5, 5.41) is 1.88. The Morgan fingerprint density at radius 2 is 1.70 bits per heavy atom. The van der Waals surface area contributed by atoms with Gasteiger partial charge in [-0.3, -0.25) is 10.2 Å². The fourth-order valence-electron chi connectivity index (χ4n) is 2.72. The highest BCUT2D eigenvalue weighted by molar-refractivity contribution is 7.91. The number of alkyl halides is 2. The van der Waals surface area contributed by atoms with Gasteiger partial charge < -0.3 is 0 Å². The zero-order chi connectivity index (χ0) is 17.2. The Hall–Kier alpha value is -1.54. The van der Waals surface area contributed by atoms with E-state index in [1.807, 2.05) is 18.9 Å². The quantitative estimate of drug-likeness (QED) is 0.910. The van der Waals surface area contributed by atoms with Crippen molar-refractivity contribution < 1.29 is 22.0 Å². The Labute approximate surface area is 134 Å². The lowest BCUT2D eigenvalue weighted by atomic mass is 10.00. The lowest BCUT2D eigenvalue weighted by Gasteiger charge is -2.38. The van der Waals surface area contributed by atoms with Gasteiger partial charge in [-0.2, -0.15) is 8.78 Å². The molecule has 1 aliphatic rings. The van der Waals surface area contributed by atoms with Crippen molar-refractivity contribution in [2.24, 2.45) is 0 Å². The Balaban J connectivity index is 2.12. The predicted molar refractivity (Wildman–Crippen MR) is 81.7 cm³/mol. The molecule has 1 saturated heterocycles. The number of amides is 1. The number of hydrazine groups is 1. The fraction of sp³-hybridized carbons (Fsp3) is 0.533. The molecule has 2 rings (SSSR count). The van der Waals surface area contributed by atoms with E-state index in [0.29, 0.717) is 0 Å². The average molecular weight is 346 g/mol. The molecular weight excluding hydrogens is 326 g/mol. The number of sulfone groups is 1. The first-order chi connectivity index (χ1) is 10.7. The second kappa shape index (κ2) is 6.92. The van der Waals surface area contributed by atoms with Gasteiger partial charge in [-0.15, -0.1) is 0 Å². The van der Waals surface area contributed by atoms with E-state index >= 15 is 0 Å². The van der Waals surface area contributed by atoms with Crippen LogP contribution in [0.1, 0.15) is 43.5 Å². The molecule has 1 amide bonds. The third kappa shape index (κ3) is 3.87. The van der Waals surface area contributed by atoms with Gasteiger partial charge in [0, 0.05) is 17.6 Å². The van der Waals surface area contributed by atoms with Crippen molar-refractivity contribution in [1.82, 2.24) is 10.4 Å². The molecule has 2 atom stereocenters. The molecule has 5 nitrogen and oxygen atoms in total. The van der Waals surface area contributed by atoms with Gasteiger partial charge in [-0.1, -0.05) is 6.42 Å². The maximum atomic E-state index is 12.5. The number of piperidine rings is 1. The maximum absolute atomic E-state index is 12.5. The van der Waals surface area contributed by atoms with Crippen LogP contribution in [0, 0.1) is 0 Å². The van der Waals surface area contributed by atoms with E-state index in [9.17, 15) is 22.0 Å². The molecule has 1 heterocycles. The van der Waals surface area contributed by atoms with Crippen molar-refractivity contribution in [1.29, 1.82) is 0 Å². The van der Waals surface area contributed by atoms with Crippen molar-refractivity contribution >= 4 is 15.7 Å². The molecule has 0 radical (unpaired) electrons. The molecule has 128 valence electrons. The van der Waals surface area contributed by atoms with E-state index < -0.39 is 20.5 Å². The number of hydrogen-bond donors (Lipinski definition) is 1. The molecular formula is C15H20F2N2O3S. The molecule has 0 unspecified atom stereocenters. The van der Waals surface area contributed by atoms with Crippen molar-refractivity contribution in [3.63, 3.8) is 0 Å². The first-order valence-corrected chi connectivity index (χ1v) is 8.99. The van der Waals surface area contributed by atoms with Crippen LogP contribution in [-0.4, -0.2) is 37.2 Å². The summed E-state index contributed by atoms with van der Waals surface area (Å²) in [5.74, 6) is -3.86. The van der Waals surface area contributed by atoms with E-state index in [1.165, 1.54) is 12.1 Å². The highest BCUT2D eigenvalue weighted by Crippen LogP contribution is 2.21. The zero-order valence-corrected chi connectivity index (χ0v) is 13.8. The van der Waals surface area contributed by atoms with Crippen molar-refractivity contribution in [3.05, 3.63) is 29.8 Å². The van der Waals surface area contributed by atoms with E-state index in [2.05, 4.69) is 5.43 Å². The number of rotatable bonds is 4. The van der Waals surface area contributed by atoms with E-state index in [0.717, 1.165) is 31.4 Å². The second-order valence-electron chi connectivity index (χ2n) is 5.81. The molecule has 1 N–H and O–H groups in total. The number of hydrogen-bond acceptors (Lipinski definition) is 4. The summed E-state index contributed by atoms with van der Waals surface area (Å²) in [7, 11) is -4.64. The van der Waals surface area contributed by atoms with Gasteiger partial charge in [0.2, 0.25) is 9.84 Å². The Bertz CT molecular complexity index is 652. The van der Waals surface area contributed by atoms with Crippen molar-refractivity contribution in [2.45, 2.75) is 55.8 Å². The molecule has 1 aromatic carbocycles. The van der Waals surface area contributed by atoms with Gasteiger partial charge in [0.25, 0.3) is 5.91 Å². The monoisotopic (exact) mass is 346 g/mol. The van der Waals surface area contributed by atoms with Crippen LogP contribution < -0.4 is 5.43 Å². The smallest absolute Gasteiger partial charge is 0.284 e. The summed E-state index contributed by atoms with van der Waals surface area (Å²) in [6, 6.07) is 4.95. The van der Waals surface area contributed by atoms with Crippen LogP contribution in [0.25, 0.3) is 0 Å². The predicted octanol–water partition coefficient (Wildman–Crippen LogP) is 2.59. The van der Waals surface area contributed by atoms with Gasteiger partial charge in [0.15, 0.2) is 0 Å². The van der Waals surface area contributed by atoms with E-state index in [4.69, 9.17) is 0 Å². The molecule has 1 aromatic rings. The summed E-state index contributed by atoms with van der Waals surface area (Å²) >= 11 is 0.